The maximum absolute atomic E-state index is 13.8. The minimum atomic E-state index is -0.429. The standard InChI is InChI=1S/C12H14FN5S/c1-6(14)11-7(13)3-2-4-8(11)19-12-17-9(15)5-10(16)18-12/h2-6H,14H2,1H3,(H4,15,16,17,18)/t6-/m1/s1. The van der Waals surface area contributed by atoms with Crippen LogP contribution >= 0.6 is 11.8 Å². The Morgan fingerprint density at radius 1 is 1.21 bits per heavy atom. The average molecular weight is 279 g/mol. The third kappa shape index (κ3) is 3.12. The van der Waals surface area contributed by atoms with E-state index in [0.29, 0.717) is 15.6 Å². The molecule has 0 aliphatic heterocycles. The fourth-order valence-electron chi connectivity index (χ4n) is 1.65. The van der Waals surface area contributed by atoms with Gasteiger partial charge in [-0.15, -0.1) is 0 Å². The molecular weight excluding hydrogens is 265 g/mol. The van der Waals surface area contributed by atoms with Crippen LogP contribution in [0, 0.1) is 5.82 Å². The Morgan fingerprint density at radius 2 is 1.84 bits per heavy atom. The summed E-state index contributed by atoms with van der Waals surface area (Å²) < 4.78 is 13.8. The normalized spacial score (nSPS) is 12.4. The van der Waals surface area contributed by atoms with E-state index in [-0.39, 0.29) is 17.5 Å². The number of hydrogen-bond donors (Lipinski definition) is 3. The number of halogens is 1. The van der Waals surface area contributed by atoms with E-state index in [1.807, 2.05) is 0 Å². The molecule has 1 aromatic carbocycles. The van der Waals surface area contributed by atoms with E-state index < -0.39 is 6.04 Å². The van der Waals surface area contributed by atoms with Gasteiger partial charge in [-0.25, -0.2) is 14.4 Å². The fraction of sp³-hybridized carbons (Fsp3) is 0.167. The first-order chi connectivity index (χ1) is 8.97. The number of benzene rings is 1. The van der Waals surface area contributed by atoms with Gasteiger partial charge in [0.1, 0.15) is 17.5 Å². The number of aromatic nitrogens is 2. The molecular formula is C12H14FN5S. The van der Waals surface area contributed by atoms with Crippen molar-refractivity contribution in [1.82, 2.24) is 9.97 Å². The van der Waals surface area contributed by atoms with Gasteiger partial charge in [-0.2, -0.15) is 0 Å². The van der Waals surface area contributed by atoms with Gasteiger partial charge in [-0.1, -0.05) is 6.07 Å². The van der Waals surface area contributed by atoms with Crippen molar-refractivity contribution < 1.29 is 4.39 Å². The molecule has 0 spiro atoms. The van der Waals surface area contributed by atoms with E-state index in [9.17, 15) is 4.39 Å². The molecule has 1 aromatic heterocycles. The van der Waals surface area contributed by atoms with Gasteiger partial charge in [0.2, 0.25) is 0 Å². The van der Waals surface area contributed by atoms with Crippen LogP contribution in [0.5, 0.6) is 0 Å². The van der Waals surface area contributed by atoms with Gasteiger partial charge in [-0.3, -0.25) is 0 Å². The van der Waals surface area contributed by atoms with Crippen LogP contribution in [-0.2, 0) is 0 Å². The number of nitrogens with zero attached hydrogens (tertiary/aromatic N) is 2. The predicted molar refractivity (Wildman–Crippen MR) is 74.0 cm³/mol. The van der Waals surface area contributed by atoms with Gasteiger partial charge in [0.25, 0.3) is 0 Å². The van der Waals surface area contributed by atoms with Crippen LogP contribution < -0.4 is 17.2 Å². The first-order valence-electron chi connectivity index (χ1n) is 5.59. The van der Waals surface area contributed by atoms with Crippen molar-refractivity contribution >= 4 is 23.4 Å². The van der Waals surface area contributed by atoms with Crippen molar-refractivity contribution in [3.63, 3.8) is 0 Å². The third-order valence-electron chi connectivity index (χ3n) is 2.41. The Balaban J connectivity index is 2.40. The summed E-state index contributed by atoms with van der Waals surface area (Å²) in [4.78, 5) is 8.74. The smallest absolute Gasteiger partial charge is 0.196 e. The number of nitrogens with two attached hydrogens (primary N) is 3. The largest absolute Gasteiger partial charge is 0.383 e. The summed E-state index contributed by atoms with van der Waals surface area (Å²) >= 11 is 1.18. The molecule has 2 rings (SSSR count). The summed E-state index contributed by atoms with van der Waals surface area (Å²) in [5.41, 5.74) is 17.4. The van der Waals surface area contributed by atoms with Crippen molar-refractivity contribution in [1.29, 1.82) is 0 Å². The highest BCUT2D eigenvalue weighted by Crippen LogP contribution is 2.32. The monoisotopic (exact) mass is 279 g/mol. The molecule has 0 radical (unpaired) electrons. The van der Waals surface area contributed by atoms with Crippen molar-refractivity contribution in [3.05, 3.63) is 35.6 Å². The molecule has 1 heterocycles. The lowest BCUT2D eigenvalue weighted by molar-refractivity contribution is 0.585. The van der Waals surface area contributed by atoms with Crippen molar-refractivity contribution in [2.45, 2.75) is 23.0 Å². The van der Waals surface area contributed by atoms with E-state index in [0.717, 1.165) is 0 Å². The summed E-state index contributed by atoms with van der Waals surface area (Å²) in [6.07, 6.45) is 0. The van der Waals surface area contributed by atoms with E-state index in [1.165, 1.54) is 23.9 Å². The zero-order valence-electron chi connectivity index (χ0n) is 10.3. The first kappa shape index (κ1) is 13.6. The van der Waals surface area contributed by atoms with Gasteiger partial charge in [0.15, 0.2) is 5.16 Å². The average Bonchev–Trinajstić information content (AvgIpc) is 2.26. The minimum absolute atomic E-state index is 0.272. The van der Waals surface area contributed by atoms with Gasteiger partial charge >= 0.3 is 0 Å². The molecule has 6 N–H and O–H groups in total. The second-order valence-electron chi connectivity index (χ2n) is 4.04. The molecule has 7 heteroatoms. The van der Waals surface area contributed by atoms with Gasteiger partial charge in [0, 0.05) is 22.6 Å². The van der Waals surface area contributed by atoms with Crippen LogP contribution in [0.3, 0.4) is 0 Å². The summed E-state index contributed by atoms with van der Waals surface area (Å²) in [6, 6.07) is 5.77. The minimum Gasteiger partial charge on any atom is -0.383 e. The topological polar surface area (TPSA) is 104 Å². The number of anilines is 2. The van der Waals surface area contributed by atoms with Crippen LogP contribution in [0.25, 0.3) is 0 Å². The van der Waals surface area contributed by atoms with Crippen molar-refractivity contribution in [2.75, 3.05) is 11.5 Å². The Morgan fingerprint density at radius 3 is 2.42 bits per heavy atom. The lowest BCUT2D eigenvalue weighted by Crippen LogP contribution is -2.09. The van der Waals surface area contributed by atoms with Crippen LogP contribution in [0.4, 0.5) is 16.0 Å². The molecule has 0 saturated heterocycles. The summed E-state index contributed by atoms with van der Waals surface area (Å²) in [5, 5.41) is 0.366. The van der Waals surface area contributed by atoms with Crippen LogP contribution in [0.15, 0.2) is 34.3 Å². The summed E-state index contributed by atoms with van der Waals surface area (Å²) in [6.45, 7) is 1.72. The molecule has 0 saturated carbocycles. The number of nitrogen functional groups attached to an aromatic ring is 2. The van der Waals surface area contributed by atoms with Crippen molar-refractivity contribution in [2.24, 2.45) is 5.73 Å². The SMILES string of the molecule is C[C@@H](N)c1c(F)cccc1Sc1nc(N)cc(N)n1. The van der Waals surface area contributed by atoms with Crippen LogP contribution in [0.1, 0.15) is 18.5 Å². The first-order valence-corrected chi connectivity index (χ1v) is 6.41. The lowest BCUT2D eigenvalue weighted by Gasteiger charge is -2.12. The van der Waals surface area contributed by atoms with E-state index in [4.69, 9.17) is 17.2 Å². The molecule has 100 valence electrons. The summed E-state index contributed by atoms with van der Waals surface area (Å²) in [7, 11) is 0. The quantitative estimate of drug-likeness (QED) is 0.742. The molecule has 0 bridgehead atoms. The van der Waals surface area contributed by atoms with E-state index >= 15 is 0 Å². The second kappa shape index (κ2) is 5.41. The highest BCUT2D eigenvalue weighted by Gasteiger charge is 2.14. The Kier molecular flexibility index (Phi) is 3.87. The maximum Gasteiger partial charge on any atom is 0.196 e. The lowest BCUT2D eigenvalue weighted by atomic mass is 10.1. The van der Waals surface area contributed by atoms with E-state index in [1.54, 1.807) is 19.1 Å². The van der Waals surface area contributed by atoms with Crippen molar-refractivity contribution in [3.8, 4) is 0 Å². The van der Waals surface area contributed by atoms with Gasteiger partial charge in [0.05, 0.1) is 0 Å². The Bertz CT molecular complexity index is 582. The molecule has 0 aliphatic rings. The molecule has 0 aliphatic carbocycles. The third-order valence-corrected chi connectivity index (χ3v) is 3.36. The predicted octanol–water partition coefficient (Wildman–Crippen LogP) is 1.95. The fourth-order valence-corrected chi connectivity index (χ4v) is 2.69. The van der Waals surface area contributed by atoms with Crippen LogP contribution in [0.2, 0.25) is 0 Å². The zero-order chi connectivity index (χ0) is 14.0. The molecule has 0 unspecified atom stereocenters. The van der Waals surface area contributed by atoms with Crippen LogP contribution in [-0.4, -0.2) is 9.97 Å². The Hall–Kier alpha value is -1.86. The molecule has 1 atom stereocenters. The van der Waals surface area contributed by atoms with Gasteiger partial charge in [-0.05, 0) is 30.8 Å². The highest BCUT2D eigenvalue weighted by atomic mass is 32.2. The van der Waals surface area contributed by atoms with Gasteiger partial charge < -0.3 is 17.2 Å². The Labute approximate surface area is 114 Å². The highest BCUT2D eigenvalue weighted by molar-refractivity contribution is 7.99. The molecule has 0 fully saturated rings. The number of hydrogen-bond acceptors (Lipinski definition) is 6. The summed E-state index contributed by atoms with van der Waals surface area (Å²) in [5.74, 6) is 0.194. The number of rotatable bonds is 3. The molecule has 2 aromatic rings. The molecule has 19 heavy (non-hydrogen) atoms. The second-order valence-corrected chi connectivity index (χ2v) is 5.05. The van der Waals surface area contributed by atoms with E-state index in [2.05, 4.69) is 9.97 Å². The molecule has 5 nitrogen and oxygen atoms in total. The molecule has 0 amide bonds. The zero-order valence-corrected chi connectivity index (χ0v) is 11.1. The maximum atomic E-state index is 13.8.